The lowest BCUT2D eigenvalue weighted by Gasteiger charge is -2.15. The molecule has 1 aromatic carbocycles. The minimum absolute atomic E-state index is 0.0873. The van der Waals surface area contributed by atoms with Crippen LogP contribution in [-0.2, 0) is 0 Å². The van der Waals surface area contributed by atoms with E-state index in [4.69, 9.17) is 4.42 Å². The molecule has 2 nitrogen and oxygen atoms in total. The topological polar surface area (TPSA) is 25.2 Å². The molecule has 84 valence electrons. The molecule has 3 heteroatoms. The Hall–Kier alpha value is -1.61. The number of rotatable bonds is 4. The Kier molecular flexibility index (Phi) is 3.37. The van der Waals surface area contributed by atoms with E-state index >= 15 is 0 Å². The van der Waals surface area contributed by atoms with Crippen molar-refractivity contribution in [3.63, 3.8) is 0 Å². The van der Waals surface area contributed by atoms with Gasteiger partial charge in [-0.2, -0.15) is 0 Å². The molecular weight excluding hydrogens is 205 g/mol. The van der Waals surface area contributed by atoms with Gasteiger partial charge in [-0.15, -0.1) is 0 Å². The third-order valence-electron chi connectivity index (χ3n) is 2.42. The van der Waals surface area contributed by atoms with Gasteiger partial charge < -0.3 is 9.73 Å². The average molecular weight is 219 g/mol. The van der Waals surface area contributed by atoms with Crippen LogP contribution in [0.1, 0.15) is 24.3 Å². The third kappa shape index (κ3) is 2.31. The van der Waals surface area contributed by atoms with Crippen LogP contribution in [0.3, 0.4) is 0 Å². The monoisotopic (exact) mass is 219 g/mol. The average Bonchev–Trinajstić information content (AvgIpc) is 2.79. The summed E-state index contributed by atoms with van der Waals surface area (Å²) in [5.41, 5.74) is 0.872. The highest BCUT2D eigenvalue weighted by molar-refractivity contribution is 5.27. The summed E-state index contributed by atoms with van der Waals surface area (Å²) in [6.07, 6.45) is 1.62. The van der Waals surface area contributed by atoms with Gasteiger partial charge in [-0.1, -0.05) is 19.1 Å². The smallest absolute Gasteiger partial charge is 0.125 e. The summed E-state index contributed by atoms with van der Waals surface area (Å²) in [4.78, 5) is 0. The zero-order valence-corrected chi connectivity index (χ0v) is 9.11. The van der Waals surface area contributed by atoms with Gasteiger partial charge in [0.2, 0.25) is 0 Å². The van der Waals surface area contributed by atoms with E-state index in [1.807, 2.05) is 25.1 Å². The van der Waals surface area contributed by atoms with Gasteiger partial charge in [-0.25, -0.2) is 4.39 Å². The summed E-state index contributed by atoms with van der Waals surface area (Å²) in [6, 6.07) is 10.2. The van der Waals surface area contributed by atoms with Crippen LogP contribution in [0.2, 0.25) is 0 Å². The van der Waals surface area contributed by atoms with E-state index in [2.05, 4.69) is 5.32 Å². The van der Waals surface area contributed by atoms with E-state index in [9.17, 15) is 4.39 Å². The number of nitrogens with one attached hydrogen (secondary N) is 1. The molecule has 0 radical (unpaired) electrons. The van der Waals surface area contributed by atoms with E-state index in [-0.39, 0.29) is 11.9 Å². The normalized spacial score (nSPS) is 12.6. The van der Waals surface area contributed by atoms with Crippen molar-refractivity contribution in [1.82, 2.24) is 5.32 Å². The van der Waals surface area contributed by atoms with E-state index in [1.165, 1.54) is 12.1 Å². The zero-order valence-electron chi connectivity index (χ0n) is 9.11. The molecule has 1 N–H and O–H groups in total. The zero-order chi connectivity index (χ0) is 11.4. The van der Waals surface area contributed by atoms with Crippen molar-refractivity contribution in [2.45, 2.75) is 13.0 Å². The molecular formula is C13H14FNO. The van der Waals surface area contributed by atoms with Crippen molar-refractivity contribution in [2.24, 2.45) is 0 Å². The Morgan fingerprint density at radius 1 is 1.31 bits per heavy atom. The molecule has 0 saturated carbocycles. The standard InChI is InChI=1S/C13H14FNO/c1-2-15-13(12-7-4-8-16-12)10-5-3-6-11(14)9-10/h3-9,13,15H,2H2,1H3. The van der Waals surface area contributed by atoms with Crippen LogP contribution in [0, 0.1) is 5.82 Å². The van der Waals surface area contributed by atoms with Crippen molar-refractivity contribution in [1.29, 1.82) is 0 Å². The Balaban J connectivity index is 2.33. The highest BCUT2D eigenvalue weighted by atomic mass is 19.1. The molecule has 0 saturated heterocycles. The second-order valence-corrected chi connectivity index (χ2v) is 3.56. The lowest BCUT2D eigenvalue weighted by Crippen LogP contribution is -2.21. The molecule has 0 amide bonds. The van der Waals surface area contributed by atoms with Gasteiger partial charge in [-0.3, -0.25) is 0 Å². The lowest BCUT2D eigenvalue weighted by molar-refractivity contribution is 0.451. The minimum Gasteiger partial charge on any atom is -0.467 e. The molecule has 0 aliphatic rings. The van der Waals surface area contributed by atoms with E-state index < -0.39 is 0 Å². The van der Waals surface area contributed by atoms with Gasteiger partial charge in [0, 0.05) is 0 Å². The fourth-order valence-electron chi connectivity index (χ4n) is 1.73. The maximum Gasteiger partial charge on any atom is 0.125 e. The number of halogens is 1. The molecule has 0 aliphatic heterocycles. The second kappa shape index (κ2) is 4.94. The van der Waals surface area contributed by atoms with E-state index in [1.54, 1.807) is 12.3 Å². The number of furan rings is 1. The Morgan fingerprint density at radius 2 is 2.19 bits per heavy atom. The fourth-order valence-corrected chi connectivity index (χ4v) is 1.73. The van der Waals surface area contributed by atoms with Crippen LogP contribution in [0.5, 0.6) is 0 Å². The van der Waals surface area contributed by atoms with Crippen molar-refractivity contribution < 1.29 is 8.81 Å². The van der Waals surface area contributed by atoms with Gasteiger partial charge >= 0.3 is 0 Å². The molecule has 1 unspecified atom stereocenters. The molecule has 2 aromatic rings. The first kappa shape index (κ1) is 10.9. The third-order valence-corrected chi connectivity index (χ3v) is 2.42. The van der Waals surface area contributed by atoms with Crippen LogP contribution in [0.15, 0.2) is 47.1 Å². The number of hydrogen-bond acceptors (Lipinski definition) is 2. The predicted octanol–water partition coefficient (Wildman–Crippen LogP) is 3.12. The molecule has 16 heavy (non-hydrogen) atoms. The molecule has 0 fully saturated rings. The Labute approximate surface area is 94.1 Å². The van der Waals surface area contributed by atoms with Crippen LogP contribution >= 0.6 is 0 Å². The van der Waals surface area contributed by atoms with Crippen LogP contribution in [0.4, 0.5) is 4.39 Å². The Morgan fingerprint density at radius 3 is 2.81 bits per heavy atom. The highest BCUT2D eigenvalue weighted by Crippen LogP contribution is 2.22. The molecule has 0 aliphatic carbocycles. The first-order valence-electron chi connectivity index (χ1n) is 5.33. The summed E-state index contributed by atoms with van der Waals surface area (Å²) < 4.78 is 18.5. The van der Waals surface area contributed by atoms with Crippen molar-refractivity contribution in [2.75, 3.05) is 6.54 Å². The van der Waals surface area contributed by atoms with Gasteiger partial charge in [0.15, 0.2) is 0 Å². The van der Waals surface area contributed by atoms with E-state index in [0.29, 0.717) is 0 Å². The van der Waals surface area contributed by atoms with Crippen LogP contribution in [-0.4, -0.2) is 6.54 Å². The molecule has 1 heterocycles. The van der Waals surface area contributed by atoms with Crippen LogP contribution in [0.25, 0.3) is 0 Å². The largest absolute Gasteiger partial charge is 0.467 e. The second-order valence-electron chi connectivity index (χ2n) is 3.56. The SMILES string of the molecule is CCNC(c1cccc(F)c1)c1ccco1. The van der Waals surface area contributed by atoms with Crippen molar-refractivity contribution in [3.8, 4) is 0 Å². The van der Waals surface area contributed by atoms with Crippen molar-refractivity contribution in [3.05, 3.63) is 59.8 Å². The molecule has 1 atom stereocenters. The first-order valence-corrected chi connectivity index (χ1v) is 5.33. The highest BCUT2D eigenvalue weighted by Gasteiger charge is 2.15. The summed E-state index contributed by atoms with van der Waals surface area (Å²) in [5, 5.41) is 3.27. The minimum atomic E-state index is -0.230. The number of benzene rings is 1. The molecule has 0 bridgehead atoms. The van der Waals surface area contributed by atoms with Crippen molar-refractivity contribution >= 4 is 0 Å². The molecule has 0 spiro atoms. The summed E-state index contributed by atoms with van der Waals surface area (Å²) in [6.45, 7) is 2.80. The fraction of sp³-hybridized carbons (Fsp3) is 0.231. The Bertz CT molecular complexity index is 439. The van der Waals surface area contributed by atoms with Crippen LogP contribution < -0.4 is 5.32 Å². The summed E-state index contributed by atoms with van der Waals surface area (Å²) >= 11 is 0. The van der Waals surface area contributed by atoms with Gasteiger partial charge in [0.05, 0.1) is 12.3 Å². The van der Waals surface area contributed by atoms with Gasteiger partial charge in [0.25, 0.3) is 0 Å². The quantitative estimate of drug-likeness (QED) is 0.854. The molecule has 2 rings (SSSR count). The lowest BCUT2D eigenvalue weighted by atomic mass is 10.0. The van der Waals surface area contributed by atoms with Gasteiger partial charge in [-0.05, 0) is 36.4 Å². The maximum atomic E-state index is 13.2. The first-order chi connectivity index (χ1) is 7.81. The van der Waals surface area contributed by atoms with Gasteiger partial charge in [0.1, 0.15) is 11.6 Å². The maximum absolute atomic E-state index is 13.2. The number of hydrogen-bond donors (Lipinski definition) is 1. The molecule has 1 aromatic heterocycles. The summed E-state index contributed by atoms with van der Waals surface area (Å²) in [7, 11) is 0. The predicted molar refractivity (Wildman–Crippen MR) is 60.6 cm³/mol. The van der Waals surface area contributed by atoms with E-state index in [0.717, 1.165) is 17.9 Å². The summed E-state index contributed by atoms with van der Waals surface area (Å²) in [5.74, 6) is 0.569.